The molecule has 3 nitrogen and oxygen atoms in total. The van der Waals surface area contributed by atoms with Gasteiger partial charge in [-0.05, 0) is 44.9 Å². The van der Waals surface area contributed by atoms with Gasteiger partial charge >= 0.3 is 0 Å². The monoisotopic (exact) mass is 251 g/mol. The van der Waals surface area contributed by atoms with E-state index in [2.05, 4.69) is 44.3 Å². The molecule has 1 N–H and O–H groups in total. The van der Waals surface area contributed by atoms with Crippen LogP contribution in [-0.2, 0) is 16.1 Å². The van der Waals surface area contributed by atoms with Crippen LogP contribution in [-0.4, -0.2) is 25.9 Å². The number of methoxy groups -OCH3 is 2. The average Bonchev–Trinajstić information content (AvgIpc) is 2.29. The van der Waals surface area contributed by atoms with Gasteiger partial charge in [0.25, 0.3) is 0 Å². The lowest BCUT2D eigenvalue weighted by Gasteiger charge is -2.27. The molecule has 0 fully saturated rings. The molecule has 0 saturated heterocycles. The van der Waals surface area contributed by atoms with Gasteiger partial charge in [-0.1, -0.05) is 12.1 Å². The molecule has 102 valence electrons. The first kappa shape index (κ1) is 15.0. The number of rotatable bonds is 7. The molecule has 0 bridgehead atoms. The average molecular weight is 251 g/mol. The fourth-order valence-electron chi connectivity index (χ4n) is 2.07. The Morgan fingerprint density at radius 1 is 1.28 bits per heavy atom. The van der Waals surface area contributed by atoms with E-state index in [0.29, 0.717) is 12.6 Å². The molecule has 1 rings (SSSR count). The Bertz CT molecular complexity index is 363. The lowest BCUT2D eigenvalue weighted by molar-refractivity contribution is 0.0128. The van der Waals surface area contributed by atoms with Gasteiger partial charge in [-0.2, -0.15) is 0 Å². The van der Waals surface area contributed by atoms with Crippen molar-refractivity contribution in [1.82, 2.24) is 0 Å². The van der Waals surface area contributed by atoms with Crippen LogP contribution in [0.2, 0.25) is 0 Å². The van der Waals surface area contributed by atoms with Gasteiger partial charge in [0.15, 0.2) is 0 Å². The maximum absolute atomic E-state index is 5.45. The van der Waals surface area contributed by atoms with Crippen LogP contribution in [0.4, 0.5) is 5.69 Å². The Morgan fingerprint density at radius 3 is 2.61 bits per heavy atom. The zero-order valence-electron chi connectivity index (χ0n) is 12.1. The van der Waals surface area contributed by atoms with E-state index in [-0.39, 0.29) is 5.60 Å². The predicted molar refractivity (Wildman–Crippen MR) is 75.9 cm³/mol. The third-order valence-corrected chi connectivity index (χ3v) is 3.00. The second-order valence-corrected chi connectivity index (χ2v) is 5.35. The van der Waals surface area contributed by atoms with E-state index < -0.39 is 0 Å². The highest BCUT2D eigenvalue weighted by Gasteiger charge is 2.19. The van der Waals surface area contributed by atoms with Gasteiger partial charge in [-0.25, -0.2) is 0 Å². The van der Waals surface area contributed by atoms with Crippen molar-refractivity contribution in [2.75, 3.05) is 19.5 Å². The third kappa shape index (κ3) is 5.07. The highest BCUT2D eigenvalue weighted by Crippen LogP contribution is 2.19. The molecule has 0 spiro atoms. The van der Waals surface area contributed by atoms with Crippen LogP contribution in [0.15, 0.2) is 24.3 Å². The SMILES string of the molecule is COCc1cccc(NC(C)CC(C)(C)OC)c1. The van der Waals surface area contributed by atoms with E-state index in [4.69, 9.17) is 9.47 Å². The summed E-state index contributed by atoms with van der Waals surface area (Å²) in [6.07, 6.45) is 0.956. The van der Waals surface area contributed by atoms with E-state index in [1.165, 1.54) is 5.56 Å². The smallest absolute Gasteiger partial charge is 0.0713 e. The minimum Gasteiger partial charge on any atom is -0.382 e. The van der Waals surface area contributed by atoms with Gasteiger partial charge in [0.1, 0.15) is 0 Å². The summed E-state index contributed by atoms with van der Waals surface area (Å²) in [5.74, 6) is 0. The van der Waals surface area contributed by atoms with Crippen LogP contribution in [0, 0.1) is 0 Å². The summed E-state index contributed by atoms with van der Waals surface area (Å²) in [6.45, 7) is 7.02. The minimum absolute atomic E-state index is 0.101. The second-order valence-electron chi connectivity index (χ2n) is 5.35. The molecule has 3 heteroatoms. The summed E-state index contributed by atoms with van der Waals surface area (Å²) in [7, 11) is 3.47. The van der Waals surface area contributed by atoms with Crippen molar-refractivity contribution >= 4 is 5.69 Å². The Morgan fingerprint density at radius 2 is 2.00 bits per heavy atom. The highest BCUT2D eigenvalue weighted by atomic mass is 16.5. The van der Waals surface area contributed by atoms with Gasteiger partial charge in [-0.3, -0.25) is 0 Å². The Labute approximate surface area is 110 Å². The molecule has 0 aromatic heterocycles. The molecule has 1 atom stereocenters. The number of hydrogen-bond donors (Lipinski definition) is 1. The first-order chi connectivity index (χ1) is 8.46. The van der Waals surface area contributed by atoms with Crippen molar-refractivity contribution in [1.29, 1.82) is 0 Å². The summed E-state index contributed by atoms with van der Waals surface area (Å²) < 4.78 is 10.6. The molecule has 0 heterocycles. The lowest BCUT2D eigenvalue weighted by atomic mass is 9.99. The summed E-state index contributed by atoms with van der Waals surface area (Å²) in [4.78, 5) is 0. The van der Waals surface area contributed by atoms with Crippen LogP contribution < -0.4 is 5.32 Å². The zero-order chi connectivity index (χ0) is 13.6. The van der Waals surface area contributed by atoms with Gasteiger partial charge in [0.05, 0.1) is 12.2 Å². The van der Waals surface area contributed by atoms with Crippen LogP contribution >= 0.6 is 0 Å². The molecule has 0 saturated carbocycles. The molecule has 0 aliphatic carbocycles. The topological polar surface area (TPSA) is 30.5 Å². The van der Waals surface area contributed by atoms with Crippen molar-refractivity contribution in [3.8, 4) is 0 Å². The molecule has 1 aromatic rings. The maximum atomic E-state index is 5.45. The number of hydrogen-bond acceptors (Lipinski definition) is 3. The van der Waals surface area contributed by atoms with Gasteiger partial charge in [0.2, 0.25) is 0 Å². The summed E-state index contributed by atoms with van der Waals surface area (Å²) >= 11 is 0. The summed E-state index contributed by atoms with van der Waals surface area (Å²) in [6, 6.07) is 8.68. The van der Waals surface area contributed by atoms with E-state index in [1.807, 2.05) is 6.07 Å². The second kappa shape index (κ2) is 6.76. The Hall–Kier alpha value is -1.06. The molecule has 0 aliphatic rings. The van der Waals surface area contributed by atoms with Crippen molar-refractivity contribution in [2.24, 2.45) is 0 Å². The zero-order valence-corrected chi connectivity index (χ0v) is 12.1. The van der Waals surface area contributed by atoms with Crippen LogP contribution in [0.5, 0.6) is 0 Å². The lowest BCUT2D eigenvalue weighted by Crippen LogP contribution is -2.31. The normalized spacial score (nSPS) is 13.4. The van der Waals surface area contributed by atoms with Crippen molar-refractivity contribution in [3.05, 3.63) is 29.8 Å². The molecule has 18 heavy (non-hydrogen) atoms. The summed E-state index contributed by atoms with van der Waals surface area (Å²) in [5.41, 5.74) is 2.21. The summed E-state index contributed by atoms with van der Waals surface area (Å²) in [5, 5.41) is 3.50. The third-order valence-electron chi connectivity index (χ3n) is 3.00. The standard InChI is InChI=1S/C15H25NO2/c1-12(10-15(2,3)18-5)16-14-8-6-7-13(9-14)11-17-4/h6-9,12,16H,10-11H2,1-5H3. The number of anilines is 1. The molecular weight excluding hydrogens is 226 g/mol. The molecule has 0 amide bonds. The van der Waals surface area contributed by atoms with Gasteiger partial charge < -0.3 is 14.8 Å². The molecule has 1 unspecified atom stereocenters. The van der Waals surface area contributed by atoms with Crippen molar-refractivity contribution in [2.45, 2.75) is 45.4 Å². The van der Waals surface area contributed by atoms with E-state index in [9.17, 15) is 0 Å². The molecule has 0 aliphatic heterocycles. The van der Waals surface area contributed by atoms with E-state index in [0.717, 1.165) is 12.1 Å². The van der Waals surface area contributed by atoms with Crippen LogP contribution in [0.1, 0.15) is 32.8 Å². The molecule has 1 aromatic carbocycles. The van der Waals surface area contributed by atoms with Crippen LogP contribution in [0.3, 0.4) is 0 Å². The van der Waals surface area contributed by atoms with E-state index >= 15 is 0 Å². The van der Waals surface area contributed by atoms with Gasteiger partial charge in [-0.15, -0.1) is 0 Å². The fraction of sp³-hybridized carbons (Fsp3) is 0.600. The number of nitrogens with one attached hydrogen (secondary N) is 1. The highest BCUT2D eigenvalue weighted by molar-refractivity contribution is 5.46. The number of ether oxygens (including phenoxy) is 2. The Kier molecular flexibility index (Phi) is 5.63. The Balaban J connectivity index is 2.58. The molecule has 0 radical (unpaired) electrons. The van der Waals surface area contributed by atoms with Crippen LogP contribution in [0.25, 0.3) is 0 Å². The minimum atomic E-state index is -0.101. The predicted octanol–water partition coefficient (Wildman–Crippen LogP) is 3.45. The van der Waals surface area contributed by atoms with Crippen molar-refractivity contribution < 1.29 is 9.47 Å². The number of benzene rings is 1. The maximum Gasteiger partial charge on any atom is 0.0713 e. The first-order valence-corrected chi connectivity index (χ1v) is 6.36. The first-order valence-electron chi connectivity index (χ1n) is 6.36. The fourth-order valence-corrected chi connectivity index (χ4v) is 2.07. The van der Waals surface area contributed by atoms with Crippen molar-refractivity contribution in [3.63, 3.8) is 0 Å². The van der Waals surface area contributed by atoms with Gasteiger partial charge in [0, 0.05) is 25.9 Å². The molecular formula is C15H25NO2. The quantitative estimate of drug-likeness (QED) is 0.805. The van der Waals surface area contributed by atoms with E-state index in [1.54, 1.807) is 14.2 Å². The largest absolute Gasteiger partial charge is 0.382 e.